The molecule has 0 radical (unpaired) electrons. The van der Waals surface area contributed by atoms with Crippen molar-refractivity contribution in [3.05, 3.63) is 0 Å². The molecule has 1 N–H and O–H groups in total. The summed E-state index contributed by atoms with van der Waals surface area (Å²) in [5.41, 5.74) is 0. The number of piperazine rings is 1. The zero-order chi connectivity index (χ0) is 13.2. The maximum atomic E-state index is 12.6. The third-order valence-electron chi connectivity index (χ3n) is 4.11. The van der Waals surface area contributed by atoms with Gasteiger partial charge in [-0.1, -0.05) is 19.3 Å². The molecule has 1 heterocycles. The van der Waals surface area contributed by atoms with Gasteiger partial charge < -0.3 is 5.32 Å². The second-order valence-corrected chi connectivity index (χ2v) is 7.52. The molecule has 2 aliphatic rings. The van der Waals surface area contributed by atoms with Gasteiger partial charge in [0.25, 0.3) is 10.2 Å². The Hall–Kier alpha value is -0.170. The fourth-order valence-corrected chi connectivity index (χ4v) is 4.61. The second kappa shape index (κ2) is 5.86. The van der Waals surface area contributed by atoms with Crippen molar-refractivity contribution in [2.45, 2.75) is 51.1 Å². The summed E-state index contributed by atoms with van der Waals surface area (Å²) in [4.78, 5) is 0. The largest absolute Gasteiger partial charge is 0.312 e. The standard InChI is InChI=1S/C12H25N3O2S/c1-11-10-15(9-8-13-11)18(16,17)14(2)12-6-4-3-5-7-12/h11-13H,3-10H2,1-2H3/t11-/m0/s1. The lowest BCUT2D eigenvalue weighted by Gasteiger charge is -2.37. The lowest BCUT2D eigenvalue weighted by Crippen LogP contribution is -2.56. The van der Waals surface area contributed by atoms with Gasteiger partial charge >= 0.3 is 0 Å². The highest BCUT2D eigenvalue weighted by molar-refractivity contribution is 7.86. The van der Waals surface area contributed by atoms with Crippen LogP contribution in [0.3, 0.4) is 0 Å². The van der Waals surface area contributed by atoms with Gasteiger partial charge in [0.1, 0.15) is 0 Å². The van der Waals surface area contributed by atoms with Crippen molar-refractivity contribution >= 4 is 10.2 Å². The van der Waals surface area contributed by atoms with Gasteiger partial charge in [0.05, 0.1) is 0 Å². The third kappa shape index (κ3) is 3.04. The average Bonchev–Trinajstić information content (AvgIpc) is 2.39. The van der Waals surface area contributed by atoms with Gasteiger partial charge in [-0.15, -0.1) is 0 Å². The first-order chi connectivity index (χ1) is 8.51. The van der Waals surface area contributed by atoms with E-state index in [4.69, 9.17) is 0 Å². The first-order valence-corrected chi connectivity index (χ1v) is 8.38. The van der Waals surface area contributed by atoms with Gasteiger partial charge in [0, 0.05) is 38.8 Å². The van der Waals surface area contributed by atoms with Crippen LogP contribution in [0.1, 0.15) is 39.0 Å². The van der Waals surface area contributed by atoms with E-state index >= 15 is 0 Å². The van der Waals surface area contributed by atoms with Crippen molar-refractivity contribution in [2.75, 3.05) is 26.7 Å². The van der Waals surface area contributed by atoms with Crippen LogP contribution >= 0.6 is 0 Å². The minimum atomic E-state index is -3.27. The van der Waals surface area contributed by atoms with Crippen LogP contribution in [0.15, 0.2) is 0 Å². The molecule has 2 fully saturated rings. The zero-order valence-corrected chi connectivity index (χ0v) is 12.2. The lowest BCUT2D eigenvalue weighted by molar-refractivity contribution is 0.244. The number of hydrogen-bond donors (Lipinski definition) is 1. The van der Waals surface area contributed by atoms with E-state index < -0.39 is 10.2 Å². The molecule has 0 amide bonds. The SMILES string of the molecule is C[C@H]1CN(S(=O)(=O)N(C)C2CCCCC2)CCN1. The molecule has 106 valence electrons. The third-order valence-corrected chi connectivity index (χ3v) is 6.12. The first kappa shape index (κ1) is 14.2. The maximum absolute atomic E-state index is 12.6. The van der Waals surface area contributed by atoms with E-state index in [2.05, 4.69) is 5.32 Å². The molecule has 6 heteroatoms. The highest BCUT2D eigenvalue weighted by Crippen LogP contribution is 2.25. The topological polar surface area (TPSA) is 52.7 Å². The van der Waals surface area contributed by atoms with Gasteiger partial charge in [-0.25, -0.2) is 0 Å². The van der Waals surface area contributed by atoms with Crippen LogP contribution in [0, 0.1) is 0 Å². The Bertz CT molecular complexity index is 366. The Morgan fingerprint density at radius 2 is 1.89 bits per heavy atom. The van der Waals surface area contributed by atoms with Crippen LogP contribution in [0.4, 0.5) is 0 Å². The number of rotatable bonds is 3. The normalized spacial score (nSPS) is 28.7. The molecule has 1 aliphatic carbocycles. The average molecular weight is 275 g/mol. The maximum Gasteiger partial charge on any atom is 0.282 e. The van der Waals surface area contributed by atoms with Crippen molar-refractivity contribution in [2.24, 2.45) is 0 Å². The predicted molar refractivity (Wildman–Crippen MR) is 72.6 cm³/mol. The number of nitrogens with one attached hydrogen (secondary N) is 1. The Balaban J connectivity index is 2.04. The highest BCUT2D eigenvalue weighted by atomic mass is 32.2. The van der Waals surface area contributed by atoms with Crippen LogP contribution in [0.2, 0.25) is 0 Å². The molecule has 1 aliphatic heterocycles. The van der Waals surface area contributed by atoms with E-state index in [0.717, 1.165) is 32.2 Å². The molecule has 1 saturated heterocycles. The molecule has 0 spiro atoms. The Morgan fingerprint density at radius 1 is 1.22 bits per heavy atom. The van der Waals surface area contributed by atoms with Gasteiger partial charge in [0.15, 0.2) is 0 Å². The van der Waals surface area contributed by atoms with Crippen molar-refractivity contribution in [3.63, 3.8) is 0 Å². The van der Waals surface area contributed by atoms with E-state index in [1.807, 2.05) is 6.92 Å². The summed E-state index contributed by atoms with van der Waals surface area (Å²) in [5.74, 6) is 0. The quantitative estimate of drug-likeness (QED) is 0.828. The summed E-state index contributed by atoms with van der Waals surface area (Å²) in [6.45, 7) is 3.95. The molecule has 5 nitrogen and oxygen atoms in total. The molecular weight excluding hydrogens is 250 g/mol. The van der Waals surface area contributed by atoms with E-state index in [0.29, 0.717) is 13.1 Å². The van der Waals surface area contributed by atoms with Gasteiger partial charge in [0.2, 0.25) is 0 Å². The van der Waals surface area contributed by atoms with Crippen molar-refractivity contribution in [1.29, 1.82) is 0 Å². The minimum absolute atomic E-state index is 0.203. The van der Waals surface area contributed by atoms with Gasteiger partial charge in [-0.2, -0.15) is 17.0 Å². The monoisotopic (exact) mass is 275 g/mol. The van der Waals surface area contributed by atoms with Crippen LogP contribution in [-0.4, -0.2) is 55.8 Å². The summed E-state index contributed by atoms with van der Waals surface area (Å²) < 4.78 is 28.4. The molecule has 0 aromatic carbocycles. The first-order valence-electron chi connectivity index (χ1n) is 6.98. The van der Waals surface area contributed by atoms with Crippen LogP contribution < -0.4 is 5.32 Å². The second-order valence-electron chi connectivity index (χ2n) is 5.53. The van der Waals surface area contributed by atoms with E-state index in [-0.39, 0.29) is 12.1 Å². The molecule has 1 atom stereocenters. The molecule has 0 aromatic heterocycles. The van der Waals surface area contributed by atoms with Gasteiger partial charge in [-0.05, 0) is 19.8 Å². The Kier molecular flexibility index (Phi) is 4.64. The summed E-state index contributed by atoms with van der Waals surface area (Å²) >= 11 is 0. The lowest BCUT2D eigenvalue weighted by atomic mass is 9.96. The summed E-state index contributed by atoms with van der Waals surface area (Å²) in [6.07, 6.45) is 5.58. The van der Waals surface area contributed by atoms with Crippen molar-refractivity contribution in [3.8, 4) is 0 Å². The fourth-order valence-electron chi connectivity index (χ4n) is 2.92. The minimum Gasteiger partial charge on any atom is -0.312 e. The highest BCUT2D eigenvalue weighted by Gasteiger charge is 2.34. The van der Waals surface area contributed by atoms with E-state index in [9.17, 15) is 8.42 Å². The van der Waals surface area contributed by atoms with Crippen molar-refractivity contribution in [1.82, 2.24) is 13.9 Å². The van der Waals surface area contributed by atoms with Crippen LogP contribution in [0.5, 0.6) is 0 Å². The molecule has 0 bridgehead atoms. The molecule has 1 saturated carbocycles. The summed E-state index contributed by atoms with van der Waals surface area (Å²) in [5, 5.41) is 3.28. The van der Waals surface area contributed by atoms with E-state index in [1.54, 1.807) is 15.7 Å². The smallest absolute Gasteiger partial charge is 0.282 e. The number of nitrogens with zero attached hydrogens (tertiary/aromatic N) is 2. The molecular formula is C12H25N3O2S. The molecule has 18 heavy (non-hydrogen) atoms. The Labute approximate surface area is 111 Å². The predicted octanol–water partition coefficient (Wildman–Crippen LogP) is 0.789. The van der Waals surface area contributed by atoms with Gasteiger partial charge in [-0.3, -0.25) is 0 Å². The summed E-state index contributed by atoms with van der Waals surface area (Å²) in [7, 11) is -1.52. The fraction of sp³-hybridized carbons (Fsp3) is 1.00. The molecule has 2 rings (SSSR count). The van der Waals surface area contributed by atoms with Crippen LogP contribution in [0.25, 0.3) is 0 Å². The number of hydrogen-bond acceptors (Lipinski definition) is 3. The van der Waals surface area contributed by atoms with Crippen LogP contribution in [-0.2, 0) is 10.2 Å². The van der Waals surface area contributed by atoms with E-state index in [1.165, 1.54) is 6.42 Å². The van der Waals surface area contributed by atoms with Crippen molar-refractivity contribution < 1.29 is 8.42 Å². The zero-order valence-electron chi connectivity index (χ0n) is 11.4. The Morgan fingerprint density at radius 3 is 2.50 bits per heavy atom. The molecule has 0 aromatic rings. The molecule has 0 unspecified atom stereocenters. The summed E-state index contributed by atoms with van der Waals surface area (Å²) in [6, 6.07) is 0.447.